The molecule has 3 rings (SSSR count). The average molecular weight is 381 g/mol. The molecule has 3 heterocycles. The van der Waals surface area contributed by atoms with Crippen LogP contribution in [0, 0.1) is 0 Å². The highest BCUT2D eigenvalue weighted by molar-refractivity contribution is 9.10. The van der Waals surface area contributed by atoms with Gasteiger partial charge in [0.15, 0.2) is 5.82 Å². The lowest BCUT2D eigenvalue weighted by Gasteiger charge is -2.33. The predicted octanol–water partition coefficient (Wildman–Crippen LogP) is 0.422. The van der Waals surface area contributed by atoms with Crippen LogP contribution in [-0.2, 0) is 11.3 Å². The normalized spacial score (nSPS) is 19.9. The molecule has 2 aliphatic heterocycles. The minimum absolute atomic E-state index is 0.150. The Hall–Kier alpha value is -1.51. The number of pyridine rings is 1. The zero-order valence-corrected chi connectivity index (χ0v) is 14.8. The molecule has 1 fully saturated rings. The van der Waals surface area contributed by atoms with Gasteiger partial charge in [0.05, 0.1) is 13.1 Å². The van der Waals surface area contributed by atoms with E-state index in [-0.39, 0.29) is 5.91 Å². The smallest absolute Gasteiger partial charge is 0.236 e. The van der Waals surface area contributed by atoms with Gasteiger partial charge < -0.3 is 15.5 Å². The van der Waals surface area contributed by atoms with E-state index in [9.17, 15) is 4.79 Å². The van der Waals surface area contributed by atoms with E-state index in [0.29, 0.717) is 31.3 Å². The first-order valence-electron chi connectivity index (χ1n) is 7.67. The van der Waals surface area contributed by atoms with Crippen molar-refractivity contribution >= 4 is 33.5 Å². The molecule has 2 N–H and O–H groups in total. The number of hydrogen-bond acceptors (Lipinski definition) is 6. The van der Waals surface area contributed by atoms with Crippen LogP contribution in [0.4, 0.5) is 5.82 Å². The van der Waals surface area contributed by atoms with Gasteiger partial charge in [0.2, 0.25) is 5.91 Å². The molecular weight excluding hydrogens is 360 g/mol. The Morgan fingerprint density at radius 3 is 2.78 bits per heavy atom. The van der Waals surface area contributed by atoms with Crippen molar-refractivity contribution in [2.45, 2.75) is 6.54 Å². The maximum absolute atomic E-state index is 12.5. The van der Waals surface area contributed by atoms with E-state index < -0.39 is 0 Å². The van der Waals surface area contributed by atoms with E-state index in [4.69, 9.17) is 5.73 Å². The molecule has 1 aromatic rings. The highest BCUT2D eigenvalue weighted by Gasteiger charge is 2.23. The molecule has 23 heavy (non-hydrogen) atoms. The number of hydrogen-bond donors (Lipinski definition) is 1. The summed E-state index contributed by atoms with van der Waals surface area (Å²) >= 11 is 3.43. The maximum Gasteiger partial charge on any atom is 0.236 e. The SMILES string of the molecule is CN1CCN(C(=O)CN2CC(N)=Nc3ncc(Br)cc3C2)CC1. The Bertz CT molecular complexity index is 626. The lowest BCUT2D eigenvalue weighted by molar-refractivity contribution is -0.133. The van der Waals surface area contributed by atoms with Crippen molar-refractivity contribution in [3.8, 4) is 0 Å². The molecule has 2 aliphatic rings. The van der Waals surface area contributed by atoms with Gasteiger partial charge in [-0.25, -0.2) is 9.98 Å². The summed E-state index contributed by atoms with van der Waals surface area (Å²) in [6.45, 7) is 4.88. The molecule has 1 amide bonds. The Kier molecular flexibility index (Phi) is 4.93. The van der Waals surface area contributed by atoms with E-state index in [1.807, 2.05) is 15.9 Å². The number of nitrogens with zero attached hydrogens (tertiary/aromatic N) is 5. The van der Waals surface area contributed by atoms with Crippen LogP contribution >= 0.6 is 15.9 Å². The molecule has 0 spiro atoms. The lowest BCUT2D eigenvalue weighted by atomic mass is 10.2. The number of carbonyl (C=O) groups excluding carboxylic acids is 1. The molecule has 0 atom stereocenters. The van der Waals surface area contributed by atoms with Gasteiger partial charge in [-0.3, -0.25) is 9.69 Å². The van der Waals surface area contributed by atoms with Crippen LogP contribution in [-0.4, -0.2) is 77.7 Å². The predicted molar refractivity (Wildman–Crippen MR) is 92.6 cm³/mol. The summed E-state index contributed by atoms with van der Waals surface area (Å²) in [5.74, 6) is 1.28. The summed E-state index contributed by atoms with van der Waals surface area (Å²) in [6, 6.07) is 1.98. The average Bonchev–Trinajstić information content (AvgIpc) is 2.65. The number of rotatable bonds is 2. The summed E-state index contributed by atoms with van der Waals surface area (Å²) in [6.07, 6.45) is 1.71. The van der Waals surface area contributed by atoms with Gasteiger partial charge in [-0.15, -0.1) is 0 Å². The number of amidine groups is 1. The van der Waals surface area contributed by atoms with Gasteiger partial charge in [-0.1, -0.05) is 0 Å². The van der Waals surface area contributed by atoms with Crippen molar-refractivity contribution < 1.29 is 4.79 Å². The first kappa shape index (κ1) is 16.4. The summed E-state index contributed by atoms with van der Waals surface area (Å²) in [4.78, 5) is 27.4. The highest BCUT2D eigenvalue weighted by atomic mass is 79.9. The fourth-order valence-electron chi connectivity index (χ4n) is 2.85. The number of nitrogens with two attached hydrogens (primary N) is 1. The van der Waals surface area contributed by atoms with Gasteiger partial charge in [0.25, 0.3) is 0 Å². The molecule has 1 aromatic heterocycles. The van der Waals surface area contributed by atoms with Crippen LogP contribution in [0.1, 0.15) is 5.56 Å². The molecule has 0 saturated carbocycles. The second-order valence-electron chi connectivity index (χ2n) is 6.07. The molecule has 0 bridgehead atoms. The first-order valence-corrected chi connectivity index (χ1v) is 8.46. The van der Waals surface area contributed by atoms with E-state index in [0.717, 1.165) is 36.2 Å². The van der Waals surface area contributed by atoms with Crippen LogP contribution in [0.15, 0.2) is 21.7 Å². The Labute approximate surface area is 144 Å². The minimum Gasteiger partial charge on any atom is -0.386 e. The van der Waals surface area contributed by atoms with Crippen LogP contribution < -0.4 is 5.73 Å². The highest BCUT2D eigenvalue weighted by Crippen LogP contribution is 2.24. The number of halogens is 1. The molecule has 0 aromatic carbocycles. The number of likely N-dealkylation sites (N-methyl/N-ethyl adjacent to an activating group) is 1. The van der Waals surface area contributed by atoms with E-state index in [2.05, 4.69) is 37.9 Å². The Morgan fingerprint density at radius 1 is 1.30 bits per heavy atom. The quantitative estimate of drug-likeness (QED) is 0.804. The second-order valence-corrected chi connectivity index (χ2v) is 6.98. The minimum atomic E-state index is 0.150. The summed E-state index contributed by atoms with van der Waals surface area (Å²) < 4.78 is 0.900. The maximum atomic E-state index is 12.5. The summed E-state index contributed by atoms with van der Waals surface area (Å²) in [7, 11) is 2.08. The number of piperazine rings is 1. The first-order chi connectivity index (χ1) is 11.0. The molecule has 1 saturated heterocycles. The van der Waals surface area contributed by atoms with E-state index in [1.54, 1.807) is 6.20 Å². The second kappa shape index (κ2) is 6.94. The molecule has 0 unspecified atom stereocenters. The van der Waals surface area contributed by atoms with E-state index >= 15 is 0 Å². The Morgan fingerprint density at radius 2 is 2.04 bits per heavy atom. The van der Waals surface area contributed by atoms with Gasteiger partial charge in [-0.2, -0.15) is 0 Å². The number of amides is 1. The largest absolute Gasteiger partial charge is 0.386 e. The van der Waals surface area contributed by atoms with Crippen molar-refractivity contribution in [2.24, 2.45) is 10.7 Å². The van der Waals surface area contributed by atoms with Crippen LogP contribution in [0.25, 0.3) is 0 Å². The van der Waals surface area contributed by atoms with E-state index in [1.165, 1.54) is 0 Å². The van der Waals surface area contributed by atoms with Crippen molar-refractivity contribution in [2.75, 3.05) is 46.3 Å². The molecule has 124 valence electrons. The molecule has 0 aliphatic carbocycles. The molecule has 7 nitrogen and oxygen atoms in total. The Balaban J connectivity index is 1.69. The van der Waals surface area contributed by atoms with Crippen LogP contribution in [0.3, 0.4) is 0 Å². The third-order valence-electron chi connectivity index (χ3n) is 4.15. The topological polar surface area (TPSA) is 78.1 Å². The van der Waals surface area contributed by atoms with Gasteiger partial charge >= 0.3 is 0 Å². The number of aliphatic imine (C=N–C) groups is 1. The van der Waals surface area contributed by atoms with Crippen LogP contribution in [0.5, 0.6) is 0 Å². The van der Waals surface area contributed by atoms with Crippen molar-refractivity contribution in [3.05, 3.63) is 22.3 Å². The number of carbonyl (C=O) groups is 1. The zero-order valence-electron chi connectivity index (χ0n) is 13.2. The molecule has 0 radical (unpaired) electrons. The standard InChI is InChI=1S/C15H21BrN6O/c1-20-2-4-22(5-3-20)14(23)10-21-8-11-6-12(16)7-18-15(11)19-13(17)9-21/h6-7H,2-5,8-10H2,1H3,(H2,17,18,19). The fraction of sp³-hybridized carbons (Fsp3) is 0.533. The lowest BCUT2D eigenvalue weighted by Crippen LogP contribution is -2.50. The monoisotopic (exact) mass is 380 g/mol. The van der Waals surface area contributed by atoms with Crippen molar-refractivity contribution in [1.82, 2.24) is 19.7 Å². The molecular formula is C15H21BrN6O. The van der Waals surface area contributed by atoms with Crippen molar-refractivity contribution in [3.63, 3.8) is 0 Å². The number of aromatic nitrogens is 1. The third-order valence-corrected chi connectivity index (χ3v) is 4.59. The van der Waals surface area contributed by atoms with Crippen LogP contribution in [0.2, 0.25) is 0 Å². The van der Waals surface area contributed by atoms with Gasteiger partial charge in [-0.05, 0) is 29.0 Å². The zero-order chi connectivity index (χ0) is 16.4. The van der Waals surface area contributed by atoms with Crippen molar-refractivity contribution in [1.29, 1.82) is 0 Å². The third kappa shape index (κ3) is 4.07. The molecule has 8 heteroatoms. The summed E-state index contributed by atoms with van der Waals surface area (Å²) in [5, 5.41) is 0. The summed E-state index contributed by atoms with van der Waals surface area (Å²) in [5.41, 5.74) is 6.95. The van der Waals surface area contributed by atoms with Gasteiger partial charge in [0.1, 0.15) is 5.84 Å². The number of fused-ring (bicyclic) bond motifs is 1. The van der Waals surface area contributed by atoms with Gasteiger partial charge in [0, 0.05) is 49.0 Å². The fourth-order valence-corrected chi connectivity index (χ4v) is 3.23.